The van der Waals surface area contributed by atoms with Gasteiger partial charge in [-0.25, -0.2) is 15.0 Å². The van der Waals surface area contributed by atoms with Crippen LogP contribution in [0.4, 0.5) is 10.5 Å². The molecule has 3 rings (SSSR count). The van der Waals surface area contributed by atoms with Gasteiger partial charge in [0.15, 0.2) is 18.1 Å². The lowest BCUT2D eigenvalue weighted by Crippen LogP contribution is -2.45. The van der Waals surface area contributed by atoms with Gasteiger partial charge in [-0.15, -0.1) is 0 Å². The number of carbonyl (C=O) groups excluding carboxylic acids is 3. The number of nitro groups is 1. The van der Waals surface area contributed by atoms with Crippen LogP contribution in [0.15, 0.2) is 51.2 Å². The van der Waals surface area contributed by atoms with E-state index in [1.807, 2.05) is 0 Å². The summed E-state index contributed by atoms with van der Waals surface area (Å²) in [5.74, 6) is -1.31. The summed E-state index contributed by atoms with van der Waals surface area (Å²) in [6.45, 7) is 2.97. The topological polar surface area (TPSA) is 191 Å². The summed E-state index contributed by atoms with van der Waals surface area (Å²) in [6, 6.07) is 5.86. The van der Waals surface area contributed by atoms with Gasteiger partial charge in [-0.1, -0.05) is 6.07 Å². The van der Waals surface area contributed by atoms with E-state index < -0.39 is 46.9 Å². The van der Waals surface area contributed by atoms with Crippen LogP contribution >= 0.6 is 15.9 Å². The number of amides is 3. The van der Waals surface area contributed by atoms with Crippen molar-refractivity contribution in [3.8, 4) is 17.2 Å². The minimum Gasteiger partial charge on any atom is -0.501 e. The molecule has 2 aromatic carbocycles. The summed E-state index contributed by atoms with van der Waals surface area (Å²) in [4.78, 5) is 47.1. The van der Waals surface area contributed by atoms with Gasteiger partial charge in [0.1, 0.15) is 0 Å². The summed E-state index contributed by atoms with van der Waals surface area (Å²) in [6.07, 6.45) is 1.16. The highest BCUT2D eigenvalue weighted by molar-refractivity contribution is 9.10. The number of benzene rings is 2. The average molecular weight is 606 g/mol. The Morgan fingerprint density at radius 1 is 1.28 bits per heavy atom. The number of phenols is 1. The lowest BCUT2D eigenvalue weighted by atomic mass is 9.95. The maximum absolute atomic E-state index is 12.5. The lowest BCUT2D eigenvalue weighted by molar-refractivity contribution is -0.386. The van der Waals surface area contributed by atoms with E-state index in [0.717, 1.165) is 12.3 Å². The largest absolute Gasteiger partial charge is 0.501 e. The van der Waals surface area contributed by atoms with Crippen LogP contribution in [0.1, 0.15) is 31.0 Å². The number of halogens is 1. The number of aromatic hydroxyl groups is 1. The van der Waals surface area contributed by atoms with E-state index in [2.05, 4.69) is 37.1 Å². The third-order valence-electron chi connectivity index (χ3n) is 5.31. The number of hydrogen-bond donors (Lipinski definition) is 4. The van der Waals surface area contributed by atoms with Crippen molar-refractivity contribution < 1.29 is 38.6 Å². The number of ether oxygens (including phenoxy) is 3. The van der Waals surface area contributed by atoms with Crippen LogP contribution < -0.4 is 25.5 Å². The average Bonchev–Trinajstić information content (AvgIpc) is 2.88. The zero-order chi connectivity index (χ0) is 28.7. The summed E-state index contributed by atoms with van der Waals surface area (Å²) >= 11 is 3.02. The minimum atomic E-state index is -0.811. The molecule has 1 aliphatic heterocycles. The molecule has 15 heteroatoms. The molecule has 3 amide bonds. The van der Waals surface area contributed by atoms with Crippen LogP contribution in [0.5, 0.6) is 17.2 Å². The first-order valence-electron chi connectivity index (χ1n) is 11.3. The third kappa shape index (κ3) is 7.01. The fourth-order valence-electron chi connectivity index (χ4n) is 3.58. The molecule has 0 saturated carbocycles. The highest BCUT2D eigenvalue weighted by Crippen LogP contribution is 2.35. The zero-order valence-corrected chi connectivity index (χ0v) is 22.5. The molecular formula is C24H24BrN5O9. The van der Waals surface area contributed by atoms with Crippen LogP contribution in [-0.4, -0.2) is 54.5 Å². The first-order chi connectivity index (χ1) is 18.5. The van der Waals surface area contributed by atoms with Crippen molar-refractivity contribution >= 4 is 45.7 Å². The number of phenolic OH excluding ortho intramolecular Hbond substituents is 1. The molecule has 0 radical (unpaired) electrons. The number of hydrogen-bond acceptors (Lipinski definition) is 10. The maximum Gasteiger partial charge on any atom is 0.338 e. The molecule has 39 heavy (non-hydrogen) atoms. The van der Waals surface area contributed by atoms with Crippen LogP contribution in [0, 0.1) is 10.1 Å². The van der Waals surface area contributed by atoms with Gasteiger partial charge in [0.25, 0.3) is 5.91 Å². The number of esters is 1. The van der Waals surface area contributed by atoms with Crippen LogP contribution in [-0.2, 0) is 14.3 Å². The number of carbonyl (C=O) groups is 3. The standard InChI is InChI=1S/C24H24BrN5O9/c1-4-38-23(33)20-12(2)27-24(34)28-21(20)14-5-6-17(18(9-14)37-3)39-11-19(31)29-26-10-13-7-15(25)22(32)16(8-13)30(35)36/h5-10,21,32H,4,11H2,1-3H3,(H,29,31)(H2,27,28,34)/b26-10-/t21-/m0/s1. The van der Waals surface area contributed by atoms with Gasteiger partial charge in [0.05, 0.1) is 40.9 Å². The molecule has 1 atom stereocenters. The van der Waals surface area contributed by atoms with Crippen molar-refractivity contribution in [1.29, 1.82) is 0 Å². The van der Waals surface area contributed by atoms with Crippen LogP contribution in [0.2, 0.25) is 0 Å². The van der Waals surface area contributed by atoms with Crippen molar-refractivity contribution in [1.82, 2.24) is 16.1 Å². The second-order valence-electron chi connectivity index (χ2n) is 7.91. The first kappa shape index (κ1) is 28.9. The van der Waals surface area contributed by atoms with Gasteiger partial charge in [0.2, 0.25) is 5.75 Å². The van der Waals surface area contributed by atoms with Crippen molar-refractivity contribution in [3.63, 3.8) is 0 Å². The Morgan fingerprint density at radius 3 is 2.69 bits per heavy atom. The predicted molar refractivity (Wildman–Crippen MR) is 140 cm³/mol. The maximum atomic E-state index is 12.5. The highest BCUT2D eigenvalue weighted by Gasteiger charge is 2.32. The summed E-state index contributed by atoms with van der Waals surface area (Å²) < 4.78 is 16.1. The predicted octanol–water partition coefficient (Wildman–Crippen LogP) is 2.79. The molecule has 0 spiro atoms. The number of nitrogens with one attached hydrogen (secondary N) is 3. The van der Waals surface area contributed by atoms with E-state index in [-0.39, 0.29) is 33.7 Å². The van der Waals surface area contributed by atoms with E-state index in [4.69, 9.17) is 14.2 Å². The number of allylic oxidation sites excluding steroid dienone is 1. The Labute approximate surface area is 230 Å². The van der Waals surface area contributed by atoms with E-state index in [1.54, 1.807) is 26.0 Å². The number of hydrazone groups is 1. The van der Waals surface area contributed by atoms with Crippen molar-refractivity contribution in [2.24, 2.45) is 5.10 Å². The Kier molecular flexibility index (Phi) is 9.43. The Bertz CT molecular complexity index is 1380. The Hall–Kier alpha value is -4.66. The van der Waals surface area contributed by atoms with Crippen LogP contribution in [0.25, 0.3) is 0 Å². The molecule has 0 saturated heterocycles. The molecule has 206 valence electrons. The molecule has 2 aromatic rings. The van der Waals surface area contributed by atoms with Crippen molar-refractivity contribution in [2.45, 2.75) is 19.9 Å². The molecule has 0 aromatic heterocycles. The Morgan fingerprint density at radius 2 is 2.03 bits per heavy atom. The number of methoxy groups -OCH3 is 1. The fraction of sp³-hybridized carbons (Fsp3) is 0.250. The quantitative estimate of drug-likeness (QED) is 0.136. The second-order valence-corrected chi connectivity index (χ2v) is 8.76. The monoisotopic (exact) mass is 605 g/mol. The van der Waals surface area contributed by atoms with Gasteiger partial charge in [-0.05, 0) is 53.5 Å². The first-order valence-corrected chi connectivity index (χ1v) is 12.1. The van der Waals surface area contributed by atoms with Gasteiger partial charge >= 0.3 is 17.7 Å². The molecule has 0 bridgehead atoms. The summed E-state index contributed by atoms with van der Waals surface area (Å²) in [5, 5.41) is 29.7. The fourth-order valence-corrected chi connectivity index (χ4v) is 4.05. The smallest absolute Gasteiger partial charge is 0.338 e. The van der Waals surface area contributed by atoms with Crippen molar-refractivity contribution in [2.75, 3.05) is 20.3 Å². The molecule has 14 nitrogen and oxygen atoms in total. The molecule has 0 aliphatic carbocycles. The molecular weight excluding hydrogens is 582 g/mol. The molecule has 0 unspecified atom stereocenters. The van der Waals surface area contributed by atoms with Gasteiger partial charge in [0, 0.05) is 17.3 Å². The number of rotatable bonds is 10. The molecule has 4 N–H and O–H groups in total. The molecule has 1 aliphatic rings. The lowest BCUT2D eigenvalue weighted by Gasteiger charge is -2.28. The zero-order valence-electron chi connectivity index (χ0n) is 20.9. The number of urea groups is 1. The normalized spacial score (nSPS) is 14.9. The number of nitro benzene ring substituents is 1. The van der Waals surface area contributed by atoms with Crippen LogP contribution in [0.3, 0.4) is 0 Å². The van der Waals surface area contributed by atoms with E-state index in [0.29, 0.717) is 11.3 Å². The Balaban J connectivity index is 1.69. The van der Waals surface area contributed by atoms with Gasteiger partial charge < -0.3 is 30.0 Å². The molecule has 1 heterocycles. The minimum absolute atomic E-state index is 0.0902. The van der Waals surface area contributed by atoms with Gasteiger partial charge in [-0.2, -0.15) is 5.10 Å². The van der Waals surface area contributed by atoms with Gasteiger partial charge in [-0.3, -0.25) is 14.9 Å². The van der Waals surface area contributed by atoms with E-state index in [9.17, 15) is 29.6 Å². The summed E-state index contributed by atoms with van der Waals surface area (Å²) in [5.41, 5.74) is 3.05. The van der Waals surface area contributed by atoms with Crippen molar-refractivity contribution in [3.05, 3.63) is 67.3 Å². The SMILES string of the molecule is CCOC(=O)C1=C(C)NC(=O)N[C@H]1c1ccc(OCC(=O)N/N=C\c2cc(Br)c(O)c([N+](=O)[O-])c2)c(OC)c1. The van der Waals surface area contributed by atoms with E-state index in [1.165, 1.54) is 19.2 Å². The molecule has 0 fully saturated rings. The third-order valence-corrected chi connectivity index (χ3v) is 5.91. The summed E-state index contributed by atoms with van der Waals surface area (Å²) in [7, 11) is 1.39. The van der Waals surface area contributed by atoms with E-state index >= 15 is 0 Å². The number of nitrogens with zero attached hydrogens (tertiary/aromatic N) is 2. The second kappa shape index (κ2) is 12.7. The highest BCUT2D eigenvalue weighted by atomic mass is 79.9.